The highest BCUT2D eigenvalue weighted by atomic mass is 16.5. The van der Waals surface area contributed by atoms with Crippen molar-refractivity contribution in [3.63, 3.8) is 0 Å². The first-order valence-corrected chi connectivity index (χ1v) is 6.54. The third kappa shape index (κ3) is 3.33. The molecular formula is C13H19N3O3. The molecule has 0 spiro atoms. The minimum atomic E-state index is -0.143. The number of carbonyl (C=O) groups is 2. The number of amides is 2. The van der Waals surface area contributed by atoms with Crippen LogP contribution in [0.2, 0.25) is 0 Å². The Hall–Kier alpha value is -1.85. The molecule has 0 aliphatic carbocycles. The molecule has 1 aromatic rings. The fourth-order valence-electron chi connectivity index (χ4n) is 2.20. The second-order valence-electron chi connectivity index (χ2n) is 4.85. The molecule has 0 atom stereocenters. The number of aromatic nitrogens is 1. The lowest BCUT2D eigenvalue weighted by atomic mass is 10.1. The predicted molar refractivity (Wildman–Crippen MR) is 68.3 cm³/mol. The topological polar surface area (TPSA) is 75.4 Å². The van der Waals surface area contributed by atoms with Gasteiger partial charge in [-0.05, 0) is 26.7 Å². The van der Waals surface area contributed by atoms with Crippen molar-refractivity contribution < 1.29 is 14.1 Å². The van der Waals surface area contributed by atoms with Gasteiger partial charge in [0.05, 0.1) is 12.2 Å². The third-order valence-electron chi connectivity index (χ3n) is 3.40. The number of hydrogen-bond acceptors (Lipinski definition) is 4. The molecule has 6 heteroatoms. The minimum absolute atomic E-state index is 0.0683. The van der Waals surface area contributed by atoms with Gasteiger partial charge >= 0.3 is 0 Å². The van der Waals surface area contributed by atoms with Gasteiger partial charge < -0.3 is 14.7 Å². The molecule has 1 fully saturated rings. The van der Waals surface area contributed by atoms with Gasteiger partial charge in [0.2, 0.25) is 11.8 Å². The Balaban J connectivity index is 1.83. The highest BCUT2D eigenvalue weighted by Crippen LogP contribution is 2.12. The maximum atomic E-state index is 11.8. The van der Waals surface area contributed by atoms with Crippen molar-refractivity contribution in [3.8, 4) is 0 Å². The summed E-state index contributed by atoms with van der Waals surface area (Å²) in [4.78, 5) is 25.0. The maximum absolute atomic E-state index is 11.8. The van der Waals surface area contributed by atoms with Crippen molar-refractivity contribution in [2.45, 2.75) is 39.7 Å². The van der Waals surface area contributed by atoms with E-state index < -0.39 is 0 Å². The molecular weight excluding hydrogens is 246 g/mol. The Morgan fingerprint density at radius 2 is 2.21 bits per heavy atom. The van der Waals surface area contributed by atoms with E-state index in [1.807, 2.05) is 13.8 Å². The first-order valence-electron chi connectivity index (χ1n) is 6.54. The standard InChI is InChI=1S/C13H19N3O3/c1-9-11(10(2)19-15-9)7-14-12(17)8-16-6-4-3-5-13(16)18/h3-8H2,1-2H3,(H,14,17). The Labute approximate surface area is 112 Å². The molecule has 0 saturated carbocycles. The average Bonchev–Trinajstić information content (AvgIpc) is 2.70. The van der Waals surface area contributed by atoms with E-state index in [0.717, 1.165) is 24.1 Å². The second kappa shape index (κ2) is 5.86. The number of nitrogens with one attached hydrogen (secondary N) is 1. The second-order valence-corrected chi connectivity index (χ2v) is 4.85. The van der Waals surface area contributed by atoms with E-state index >= 15 is 0 Å². The number of rotatable bonds is 4. The van der Waals surface area contributed by atoms with Crippen LogP contribution in [0.25, 0.3) is 0 Å². The number of nitrogens with zero attached hydrogens (tertiary/aromatic N) is 2. The van der Waals surface area contributed by atoms with Crippen molar-refractivity contribution in [2.24, 2.45) is 0 Å². The fourth-order valence-corrected chi connectivity index (χ4v) is 2.20. The molecule has 0 radical (unpaired) electrons. The monoisotopic (exact) mass is 265 g/mol. The molecule has 0 aromatic carbocycles. The van der Waals surface area contributed by atoms with Gasteiger partial charge in [-0.15, -0.1) is 0 Å². The SMILES string of the molecule is Cc1noc(C)c1CNC(=O)CN1CCCCC1=O. The van der Waals surface area contributed by atoms with Crippen LogP contribution in [-0.4, -0.2) is 35.0 Å². The minimum Gasteiger partial charge on any atom is -0.361 e. The first-order chi connectivity index (χ1) is 9.08. The molecule has 1 N–H and O–H groups in total. The normalized spacial score (nSPS) is 15.7. The molecule has 1 aliphatic rings. The fraction of sp³-hybridized carbons (Fsp3) is 0.615. The van der Waals surface area contributed by atoms with Gasteiger partial charge in [-0.1, -0.05) is 5.16 Å². The van der Waals surface area contributed by atoms with Crippen LogP contribution in [0.5, 0.6) is 0 Å². The summed E-state index contributed by atoms with van der Waals surface area (Å²) in [5.74, 6) is 0.640. The van der Waals surface area contributed by atoms with Crippen LogP contribution in [0, 0.1) is 13.8 Å². The molecule has 19 heavy (non-hydrogen) atoms. The summed E-state index contributed by atoms with van der Waals surface area (Å²) in [7, 11) is 0. The highest BCUT2D eigenvalue weighted by molar-refractivity contribution is 5.85. The molecule has 2 rings (SSSR count). The maximum Gasteiger partial charge on any atom is 0.239 e. The molecule has 2 heterocycles. The summed E-state index contributed by atoms with van der Waals surface area (Å²) < 4.78 is 5.03. The zero-order valence-electron chi connectivity index (χ0n) is 11.4. The van der Waals surface area contributed by atoms with Crippen molar-refractivity contribution in [1.82, 2.24) is 15.4 Å². The Bertz CT molecular complexity index is 462. The van der Waals surface area contributed by atoms with Gasteiger partial charge in [-0.3, -0.25) is 9.59 Å². The largest absolute Gasteiger partial charge is 0.361 e. The van der Waals surface area contributed by atoms with E-state index in [1.165, 1.54) is 0 Å². The van der Waals surface area contributed by atoms with Gasteiger partial charge in [0, 0.05) is 25.1 Å². The number of carbonyl (C=O) groups excluding carboxylic acids is 2. The molecule has 6 nitrogen and oxygen atoms in total. The lowest BCUT2D eigenvalue weighted by Crippen LogP contribution is -2.42. The van der Waals surface area contributed by atoms with Crippen LogP contribution in [0.1, 0.15) is 36.3 Å². The van der Waals surface area contributed by atoms with E-state index in [9.17, 15) is 9.59 Å². The van der Waals surface area contributed by atoms with E-state index in [4.69, 9.17) is 4.52 Å². The van der Waals surface area contributed by atoms with Gasteiger partial charge in [0.25, 0.3) is 0 Å². The molecule has 0 bridgehead atoms. The van der Waals surface area contributed by atoms with Crippen LogP contribution < -0.4 is 5.32 Å². The highest BCUT2D eigenvalue weighted by Gasteiger charge is 2.20. The Kier molecular flexibility index (Phi) is 4.19. The van der Waals surface area contributed by atoms with Crippen LogP contribution in [0.15, 0.2) is 4.52 Å². The average molecular weight is 265 g/mol. The van der Waals surface area contributed by atoms with Crippen molar-refractivity contribution in [1.29, 1.82) is 0 Å². The summed E-state index contributed by atoms with van der Waals surface area (Å²) >= 11 is 0. The number of piperidine rings is 1. The van der Waals surface area contributed by atoms with Crippen molar-refractivity contribution >= 4 is 11.8 Å². The molecule has 0 unspecified atom stereocenters. The summed E-state index contributed by atoms with van der Waals surface area (Å²) in [5, 5.41) is 6.63. The van der Waals surface area contributed by atoms with Crippen molar-refractivity contribution in [2.75, 3.05) is 13.1 Å². The zero-order chi connectivity index (χ0) is 13.8. The number of aryl methyl sites for hydroxylation is 2. The molecule has 1 saturated heterocycles. The van der Waals surface area contributed by atoms with Crippen LogP contribution >= 0.6 is 0 Å². The van der Waals surface area contributed by atoms with Crippen LogP contribution in [-0.2, 0) is 16.1 Å². The quantitative estimate of drug-likeness (QED) is 0.878. The van der Waals surface area contributed by atoms with Gasteiger partial charge in [-0.25, -0.2) is 0 Å². The number of hydrogen-bond donors (Lipinski definition) is 1. The lowest BCUT2D eigenvalue weighted by Gasteiger charge is -2.25. The smallest absolute Gasteiger partial charge is 0.239 e. The van der Waals surface area contributed by atoms with E-state index in [2.05, 4.69) is 10.5 Å². The molecule has 1 aliphatic heterocycles. The van der Waals surface area contributed by atoms with Gasteiger partial charge in [0.1, 0.15) is 5.76 Å². The van der Waals surface area contributed by atoms with E-state index in [1.54, 1.807) is 4.90 Å². The molecule has 1 aromatic heterocycles. The summed E-state index contributed by atoms with van der Waals surface area (Å²) in [6, 6.07) is 0. The van der Waals surface area contributed by atoms with Gasteiger partial charge in [-0.2, -0.15) is 0 Å². The first kappa shape index (κ1) is 13.6. The summed E-state index contributed by atoms with van der Waals surface area (Å²) in [6.45, 7) is 4.86. The van der Waals surface area contributed by atoms with E-state index in [0.29, 0.717) is 25.3 Å². The predicted octanol–water partition coefficient (Wildman–Crippen LogP) is 0.920. The Morgan fingerprint density at radius 3 is 2.84 bits per heavy atom. The summed E-state index contributed by atoms with van der Waals surface area (Å²) in [6.07, 6.45) is 2.45. The molecule has 104 valence electrons. The van der Waals surface area contributed by atoms with Crippen LogP contribution in [0.4, 0.5) is 0 Å². The summed E-state index contributed by atoms with van der Waals surface area (Å²) in [5.41, 5.74) is 1.69. The Morgan fingerprint density at radius 1 is 1.42 bits per heavy atom. The lowest BCUT2D eigenvalue weighted by molar-refractivity contribution is -0.137. The van der Waals surface area contributed by atoms with Gasteiger partial charge in [0.15, 0.2) is 0 Å². The third-order valence-corrected chi connectivity index (χ3v) is 3.40. The molecule has 2 amide bonds. The zero-order valence-corrected chi connectivity index (χ0v) is 11.4. The number of likely N-dealkylation sites (tertiary alicyclic amines) is 1. The van der Waals surface area contributed by atoms with E-state index in [-0.39, 0.29) is 18.4 Å². The van der Waals surface area contributed by atoms with Crippen molar-refractivity contribution in [3.05, 3.63) is 17.0 Å². The van der Waals surface area contributed by atoms with Crippen LogP contribution in [0.3, 0.4) is 0 Å².